The van der Waals surface area contributed by atoms with Crippen molar-refractivity contribution in [2.75, 3.05) is 18.8 Å². The summed E-state index contributed by atoms with van der Waals surface area (Å²) in [5, 5.41) is 3.88. The van der Waals surface area contributed by atoms with Gasteiger partial charge >= 0.3 is 6.36 Å². The Morgan fingerprint density at radius 3 is 2.50 bits per heavy atom. The first-order valence-corrected chi connectivity index (χ1v) is 7.79. The van der Waals surface area contributed by atoms with Crippen LogP contribution in [0.4, 0.5) is 23.4 Å². The number of rotatable bonds is 3. The number of amides is 1. The molecule has 2 fully saturated rings. The van der Waals surface area contributed by atoms with Crippen LogP contribution >= 0.6 is 0 Å². The molecule has 1 aliphatic carbocycles. The second-order valence-corrected chi connectivity index (χ2v) is 6.41. The average molecular weight is 371 g/mol. The summed E-state index contributed by atoms with van der Waals surface area (Å²) >= 11 is 0. The van der Waals surface area contributed by atoms with E-state index in [9.17, 15) is 22.4 Å². The van der Waals surface area contributed by atoms with Crippen molar-refractivity contribution in [1.29, 1.82) is 0 Å². The van der Waals surface area contributed by atoms with Gasteiger partial charge in [0.2, 0.25) is 5.88 Å². The molecular formula is C16H13F4N3O3. The third-order valence-corrected chi connectivity index (χ3v) is 4.77. The number of nitrogens with two attached hydrogens (primary N) is 1. The Bertz CT molecular complexity index is 855. The summed E-state index contributed by atoms with van der Waals surface area (Å²) in [5.74, 6) is -1.79. The predicted octanol–water partition coefficient (Wildman–Crippen LogP) is 2.78. The summed E-state index contributed by atoms with van der Waals surface area (Å²) in [6.07, 6.45) is -5.00. The first-order valence-electron chi connectivity index (χ1n) is 7.79. The number of halogens is 4. The second-order valence-electron chi connectivity index (χ2n) is 6.41. The molecule has 26 heavy (non-hydrogen) atoms. The quantitative estimate of drug-likeness (QED) is 0.839. The Kier molecular flexibility index (Phi) is 3.60. The van der Waals surface area contributed by atoms with E-state index in [2.05, 4.69) is 9.89 Å². The molecule has 4 rings (SSSR count). The van der Waals surface area contributed by atoms with Crippen LogP contribution in [0.2, 0.25) is 0 Å². The van der Waals surface area contributed by atoms with Crippen molar-refractivity contribution in [3.63, 3.8) is 0 Å². The van der Waals surface area contributed by atoms with Gasteiger partial charge in [-0.1, -0.05) is 5.16 Å². The van der Waals surface area contributed by atoms with E-state index >= 15 is 0 Å². The lowest BCUT2D eigenvalue weighted by atomic mass is 10.1. The number of likely N-dealkylation sites (tertiary alicyclic amines) is 1. The number of nitrogens with zero attached hydrogens (tertiary/aromatic N) is 2. The van der Waals surface area contributed by atoms with Crippen LogP contribution in [0.25, 0.3) is 0 Å². The number of aromatic nitrogens is 1. The molecule has 1 aliphatic heterocycles. The molecule has 1 unspecified atom stereocenters. The number of piperidine rings is 1. The van der Waals surface area contributed by atoms with Crippen LogP contribution in [-0.2, 0) is 0 Å². The minimum absolute atomic E-state index is 0.0273. The molecule has 2 aliphatic rings. The number of hydrogen-bond donors (Lipinski definition) is 1. The van der Waals surface area contributed by atoms with E-state index in [1.165, 1.54) is 0 Å². The molecule has 0 radical (unpaired) electrons. The Hall–Kier alpha value is -2.78. The zero-order chi connectivity index (χ0) is 18.6. The fourth-order valence-electron chi connectivity index (χ4n) is 3.62. The summed E-state index contributed by atoms with van der Waals surface area (Å²) < 4.78 is 58.7. The maximum absolute atomic E-state index is 13.8. The molecule has 0 bridgehead atoms. The Morgan fingerprint density at radius 2 is 1.96 bits per heavy atom. The largest absolute Gasteiger partial charge is 0.573 e. The summed E-state index contributed by atoms with van der Waals surface area (Å²) in [4.78, 5) is 14.0. The van der Waals surface area contributed by atoms with Gasteiger partial charge in [0, 0.05) is 30.6 Å². The lowest BCUT2D eigenvalue weighted by Gasteiger charge is -2.20. The van der Waals surface area contributed by atoms with Gasteiger partial charge in [0.25, 0.3) is 5.91 Å². The van der Waals surface area contributed by atoms with Crippen LogP contribution < -0.4 is 10.5 Å². The van der Waals surface area contributed by atoms with Gasteiger partial charge in [0.15, 0.2) is 11.6 Å². The van der Waals surface area contributed by atoms with Crippen molar-refractivity contribution in [3.8, 4) is 5.75 Å². The lowest BCUT2D eigenvalue weighted by molar-refractivity contribution is -0.275. The van der Waals surface area contributed by atoms with Crippen LogP contribution in [0, 0.1) is 17.7 Å². The first-order chi connectivity index (χ1) is 12.2. The number of alkyl halides is 3. The van der Waals surface area contributed by atoms with Crippen molar-refractivity contribution < 1.29 is 31.6 Å². The fraction of sp³-hybridized carbons (Fsp3) is 0.375. The number of nitrogen functional groups attached to an aromatic ring is 1. The van der Waals surface area contributed by atoms with E-state index < -0.39 is 23.8 Å². The van der Waals surface area contributed by atoms with Gasteiger partial charge in [-0.15, -0.1) is 13.2 Å². The normalized spacial score (nSPS) is 24.5. The van der Waals surface area contributed by atoms with Crippen LogP contribution in [-0.4, -0.2) is 35.4 Å². The average Bonchev–Trinajstić information content (AvgIpc) is 2.90. The van der Waals surface area contributed by atoms with Gasteiger partial charge in [0.1, 0.15) is 0 Å². The molecule has 1 amide bonds. The SMILES string of the molecule is Nc1cc(C2[C@H]3CN(C(=O)c4ccc(OC(F)(F)F)c(F)c4)C[C@@H]23)no1. The number of anilines is 1. The molecule has 2 N–H and O–H groups in total. The van der Waals surface area contributed by atoms with E-state index in [4.69, 9.17) is 10.3 Å². The smallest absolute Gasteiger partial charge is 0.403 e. The van der Waals surface area contributed by atoms with Crippen molar-refractivity contribution in [1.82, 2.24) is 10.1 Å². The number of carbonyl (C=O) groups excluding carboxylic acids is 1. The van der Waals surface area contributed by atoms with E-state index in [1.54, 1.807) is 11.0 Å². The summed E-state index contributed by atoms with van der Waals surface area (Å²) in [6, 6.07) is 4.33. The van der Waals surface area contributed by atoms with Gasteiger partial charge < -0.3 is 19.9 Å². The number of benzene rings is 1. The molecule has 6 nitrogen and oxygen atoms in total. The van der Waals surface area contributed by atoms with E-state index in [0.717, 1.165) is 23.9 Å². The second kappa shape index (κ2) is 5.61. The van der Waals surface area contributed by atoms with Crippen LogP contribution in [0.1, 0.15) is 22.0 Å². The molecule has 1 aromatic carbocycles. The maximum atomic E-state index is 13.8. The topological polar surface area (TPSA) is 81.6 Å². The van der Waals surface area contributed by atoms with Crippen LogP contribution in [0.5, 0.6) is 5.75 Å². The van der Waals surface area contributed by atoms with Crippen molar-refractivity contribution in [3.05, 3.63) is 41.3 Å². The van der Waals surface area contributed by atoms with E-state index in [-0.39, 0.29) is 29.2 Å². The van der Waals surface area contributed by atoms with Crippen LogP contribution in [0.15, 0.2) is 28.8 Å². The zero-order valence-corrected chi connectivity index (χ0v) is 13.2. The number of carbonyl (C=O) groups is 1. The zero-order valence-electron chi connectivity index (χ0n) is 13.2. The molecule has 1 aromatic heterocycles. The summed E-state index contributed by atoms with van der Waals surface area (Å²) in [7, 11) is 0. The third kappa shape index (κ3) is 2.95. The minimum Gasteiger partial charge on any atom is -0.403 e. The van der Waals surface area contributed by atoms with Gasteiger partial charge in [-0.25, -0.2) is 4.39 Å². The fourth-order valence-corrected chi connectivity index (χ4v) is 3.62. The molecule has 1 saturated heterocycles. The van der Waals surface area contributed by atoms with Crippen molar-refractivity contribution >= 4 is 11.8 Å². The Labute approximate surface area is 144 Å². The highest BCUT2D eigenvalue weighted by Gasteiger charge is 2.58. The van der Waals surface area contributed by atoms with Gasteiger partial charge in [-0.3, -0.25) is 4.79 Å². The molecule has 0 spiro atoms. The first kappa shape index (κ1) is 16.7. The van der Waals surface area contributed by atoms with Gasteiger partial charge in [-0.05, 0) is 30.0 Å². The molecule has 3 atom stereocenters. The lowest BCUT2D eigenvalue weighted by Crippen LogP contribution is -2.31. The third-order valence-electron chi connectivity index (χ3n) is 4.77. The van der Waals surface area contributed by atoms with E-state index in [0.29, 0.717) is 13.1 Å². The molecule has 1 saturated carbocycles. The summed E-state index contributed by atoms with van der Waals surface area (Å²) in [6.45, 7) is 0.923. The highest BCUT2D eigenvalue weighted by Crippen LogP contribution is 2.58. The van der Waals surface area contributed by atoms with Crippen molar-refractivity contribution in [2.45, 2.75) is 12.3 Å². The number of fused-ring (bicyclic) bond motifs is 1. The molecular weight excluding hydrogens is 358 g/mol. The molecule has 2 aromatic rings. The van der Waals surface area contributed by atoms with E-state index in [1.807, 2.05) is 0 Å². The maximum Gasteiger partial charge on any atom is 0.573 e. The monoisotopic (exact) mass is 371 g/mol. The molecule has 10 heteroatoms. The predicted molar refractivity (Wildman–Crippen MR) is 79.6 cm³/mol. The Balaban J connectivity index is 1.41. The van der Waals surface area contributed by atoms with Crippen molar-refractivity contribution in [2.24, 2.45) is 11.8 Å². The molecule has 2 heterocycles. The van der Waals surface area contributed by atoms with Gasteiger partial charge in [0.05, 0.1) is 5.69 Å². The highest BCUT2D eigenvalue weighted by molar-refractivity contribution is 5.94. The molecule has 138 valence electrons. The van der Waals surface area contributed by atoms with Crippen LogP contribution in [0.3, 0.4) is 0 Å². The summed E-state index contributed by atoms with van der Waals surface area (Å²) in [5.41, 5.74) is 6.23. The Morgan fingerprint density at radius 1 is 1.27 bits per heavy atom. The number of hydrogen-bond acceptors (Lipinski definition) is 5. The highest BCUT2D eigenvalue weighted by atomic mass is 19.4. The minimum atomic E-state index is -5.00. The number of ether oxygens (including phenoxy) is 1. The van der Waals surface area contributed by atoms with Gasteiger partial charge in [-0.2, -0.15) is 0 Å². The standard InChI is InChI=1S/C16H13F4N3O3/c17-10-3-7(1-2-12(10)25-16(18,19)20)15(24)23-5-8-9(6-23)14(8)11-4-13(21)26-22-11/h1-4,8-9,14H,5-6,21H2/t8-,9+,14?.